The number of likely N-dealkylation sites (tertiary alicyclic amines) is 1. The van der Waals surface area contributed by atoms with Crippen LogP contribution >= 0.6 is 11.3 Å². The first-order valence-electron chi connectivity index (χ1n) is 8.81. The minimum absolute atomic E-state index is 0.0560. The molecule has 3 rings (SSSR count). The van der Waals surface area contributed by atoms with E-state index in [-0.39, 0.29) is 11.8 Å². The van der Waals surface area contributed by atoms with Crippen LogP contribution in [0.3, 0.4) is 0 Å². The maximum atomic E-state index is 13.1. The van der Waals surface area contributed by atoms with Crippen molar-refractivity contribution in [3.63, 3.8) is 0 Å². The van der Waals surface area contributed by atoms with Gasteiger partial charge in [-0.25, -0.2) is 0 Å². The first kappa shape index (κ1) is 18.2. The second-order valence-corrected chi connectivity index (χ2v) is 7.52. The molecule has 1 atom stereocenters. The van der Waals surface area contributed by atoms with Crippen molar-refractivity contribution in [2.45, 2.75) is 25.9 Å². The van der Waals surface area contributed by atoms with Gasteiger partial charge in [0.15, 0.2) is 0 Å². The van der Waals surface area contributed by atoms with Gasteiger partial charge in [-0.05, 0) is 43.0 Å². The maximum absolute atomic E-state index is 13.1. The molecule has 136 valence electrons. The molecule has 0 unspecified atom stereocenters. The summed E-state index contributed by atoms with van der Waals surface area (Å²) in [6, 6.07) is 8.02. The van der Waals surface area contributed by atoms with Gasteiger partial charge in [0.05, 0.1) is 31.9 Å². The fraction of sp³-hybridized carbons (Fsp3) is 0.526. The molecule has 1 fully saturated rings. The molecule has 1 aliphatic rings. The van der Waals surface area contributed by atoms with Crippen molar-refractivity contribution in [3.8, 4) is 0 Å². The first-order valence-corrected chi connectivity index (χ1v) is 9.69. The monoisotopic (exact) mass is 362 g/mol. The molecule has 0 N–H and O–H groups in total. The molecule has 1 amide bonds. The number of carbonyl (C=O) groups excluding carboxylic acids is 1. The van der Waals surface area contributed by atoms with Crippen LogP contribution in [-0.2, 0) is 22.6 Å². The second kappa shape index (κ2) is 9.17. The van der Waals surface area contributed by atoms with Gasteiger partial charge >= 0.3 is 0 Å². The molecule has 0 bridgehead atoms. The number of nitrogens with zero attached hydrogens (tertiary/aromatic N) is 2. The lowest BCUT2D eigenvalue weighted by Crippen LogP contribution is -2.45. The van der Waals surface area contributed by atoms with Gasteiger partial charge in [-0.2, -0.15) is 0 Å². The molecule has 0 spiro atoms. The lowest BCUT2D eigenvalue weighted by Gasteiger charge is -2.34. The van der Waals surface area contributed by atoms with Crippen LogP contribution in [0.15, 0.2) is 40.3 Å². The third-order valence-corrected chi connectivity index (χ3v) is 5.48. The number of hydrogen-bond donors (Lipinski definition) is 0. The number of furan rings is 1. The topological polar surface area (TPSA) is 45.9 Å². The number of carbonyl (C=O) groups is 1. The van der Waals surface area contributed by atoms with Gasteiger partial charge in [0, 0.05) is 25.1 Å². The molecule has 0 aromatic carbocycles. The van der Waals surface area contributed by atoms with Crippen molar-refractivity contribution in [2.75, 3.05) is 33.4 Å². The summed E-state index contributed by atoms with van der Waals surface area (Å²) in [7, 11) is 1.68. The largest absolute Gasteiger partial charge is 0.468 e. The molecule has 2 aromatic heterocycles. The molecule has 1 saturated heterocycles. The van der Waals surface area contributed by atoms with Crippen LogP contribution in [0.25, 0.3) is 0 Å². The second-order valence-electron chi connectivity index (χ2n) is 6.49. The predicted octanol–water partition coefficient (Wildman–Crippen LogP) is 3.23. The van der Waals surface area contributed by atoms with Crippen molar-refractivity contribution >= 4 is 17.2 Å². The number of piperidine rings is 1. The maximum Gasteiger partial charge on any atom is 0.227 e. The van der Waals surface area contributed by atoms with E-state index in [0.29, 0.717) is 19.7 Å². The number of rotatable bonds is 8. The summed E-state index contributed by atoms with van der Waals surface area (Å²) in [5, 5.41) is 2.06. The molecular formula is C19H26N2O3S. The Morgan fingerprint density at radius 1 is 1.44 bits per heavy atom. The van der Waals surface area contributed by atoms with Crippen molar-refractivity contribution in [1.82, 2.24) is 9.80 Å². The molecule has 2 aromatic rings. The normalized spacial score (nSPS) is 18.4. The van der Waals surface area contributed by atoms with Crippen molar-refractivity contribution in [2.24, 2.45) is 5.92 Å². The number of hydrogen-bond acceptors (Lipinski definition) is 5. The van der Waals surface area contributed by atoms with Gasteiger partial charge in [0.2, 0.25) is 5.91 Å². The zero-order valence-corrected chi connectivity index (χ0v) is 15.5. The van der Waals surface area contributed by atoms with Crippen LogP contribution < -0.4 is 0 Å². The predicted molar refractivity (Wildman–Crippen MR) is 98.3 cm³/mol. The van der Waals surface area contributed by atoms with E-state index in [1.165, 1.54) is 4.88 Å². The van der Waals surface area contributed by atoms with Crippen LogP contribution in [-0.4, -0.2) is 49.1 Å². The third-order valence-electron chi connectivity index (χ3n) is 4.62. The van der Waals surface area contributed by atoms with E-state index in [4.69, 9.17) is 9.15 Å². The van der Waals surface area contributed by atoms with Crippen molar-refractivity contribution < 1.29 is 13.9 Å². The van der Waals surface area contributed by atoms with E-state index < -0.39 is 0 Å². The average Bonchev–Trinajstić information content (AvgIpc) is 3.32. The number of ether oxygens (including phenoxy) is 1. The number of thiophene rings is 1. The standard InChI is InChI=1S/C19H26N2O3S/c1-23-11-9-21(15-18-7-4-12-25-18)19(22)16-5-2-8-20(13-16)14-17-6-3-10-24-17/h3-4,6-7,10,12,16H,2,5,8-9,11,13-15H2,1H3/t16-/m1/s1. The minimum atomic E-state index is 0.0560. The Morgan fingerprint density at radius 3 is 3.08 bits per heavy atom. The first-order chi connectivity index (χ1) is 12.3. The van der Waals surface area contributed by atoms with Crippen LogP contribution in [0.2, 0.25) is 0 Å². The van der Waals surface area contributed by atoms with E-state index in [1.54, 1.807) is 24.7 Å². The summed E-state index contributed by atoms with van der Waals surface area (Å²) in [4.78, 5) is 18.6. The van der Waals surface area contributed by atoms with Crippen molar-refractivity contribution in [3.05, 3.63) is 46.5 Å². The summed E-state index contributed by atoms with van der Waals surface area (Å²) in [6.45, 7) is 4.48. The summed E-state index contributed by atoms with van der Waals surface area (Å²) in [5.41, 5.74) is 0. The molecule has 0 aliphatic carbocycles. The summed E-state index contributed by atoms with van der Waals surface area (Å²) >= 11 is 1.69. The summed E-state index contributed by atoms with van der Waals surface area (Å²) < 4.78 is 10.7. The lowest BCUT2D eigenvalue weighted by atomic mass is 9.96. The van der Waals surface area contributed by atoms with E-state index in [1.807, 2.05) is 23.1 Å². The SMILES string of the molecule is COCCN(Cc1cccs1)C(=O)[C@@H]1CCCN(Cc2ccco2)C1. The molecule has 5 nitrogen and oxygen atoms in total. The van der Waals surface area contributed by atoms with E-state index in [9.17, 15) is 4.79 Å². The Bertz CT molecular complexity index is 627. The Hall–Kier alpha value is -1.63. The molecule has 0 saturated carbocycles. The fourth-order valence-electron chi connectivity index (χ4n) is 3.34. The number of amides is 1. The minimum Gasteiger partial charge on any atom is -0.468 e. The van der Waals surface area contributed by atoms with Crippen LogP contribution in [0, 0.1) is 5.92 Å². The van der Waals surface area contributed by atoms with Crippen LogP contribution in [0.5, 0.6) is 0 Å². The van der Waals surface area contributed by atoms with Gasteiger partial charge in [0.1, 0.15) is 5.76 Å². The van der Waals surface area contributed by atoms with Gasteiger partial charge < -0.3 is 14.1 Å². The smallest absolute Gasteiger partial charge is 0.227 e. The van der Waals surface area contributed by atoms with Gasteiger partial charge in [-0.15, -0.1) is 11.3 Å². The molecule has 6 heteroatoms. The molecule has 3 heterocycles. The van der Waals surface area contributed by atoms with Gasteiger partial charge in [0.25, 0.3) is 0 Å². The zero-order chi connectivity index (χ0) is 17.5. The van der Waals surface area contributed by atoms with E-state index in [0.717, 1.165) is 38.2 Å². The highest BCUT2D eigenvalue weighted by molar-refractivity contribution is 7.09. The Labute approximate surface area is 153 Å². The highest BCUT2D eigenvalue weighted by Gasteiger charge is 2.29. The highest BCUT2D eigenvalue weighted by atomic mass is 32.1. The fourth-order valence-corrected chi connectivity index (χ4v) is 4.06. The van der Waals surface area contributed by atoms with Crippen LogP contribution in [0.1, 0.15) is 23.5 Å². The van der Waals surface area contributed by atoms with E-state index >= 15 is 0 Å². The van der Waals surface area contributed by atoms with E-state index in [2.05, 4.69) is 16.3 Å². The molecular weight excluding hydrogens is 336 g/mol. The quantitative estimate of drug-likeness (QED) is 0.723. The summed E-state index contributed by atoms with van der Waals surface area (Å²) in [5.74, 6) is 1.26. The number of methoxy groups -OCH3 is 1. The molecule has 25 heavy (non-hydrogen) atoms. The van der Waals surface area contributed by atoms with Crippen LogP contribution in [0.4, 0.5) is 0 Å². The Kier molecular flexibility index (Phi) is 6.67. The average molecular weight is 362 g/mol. The molecule has 1 aliphatic heterocycles. The highest BCUT2D eigenvalue weighted by Crippen LogP contribution is 2.22. The Balaban J connectivity index is 1.61. The zero-order valence-electron chi connectivity index (χ0n) is 14.7. The summed E-state index contributed by atoms with van der Waals surface area (Å²) in [6.07, 6.45) is 3.71. The van der Waals surface area contributed by atoms with Crippen molar-refractivity contribution in [1.29, 1.82) is 0 Å². The van der Waals surface area contributed by atoms with Gasteiger partial charge in [-0.1, -0.05) is 6.07 Å². The Morgan fingerprint density at radius 2 is 2.36 bits per heavy atom. The third kappa shape index (κ3) is 5.17. The lowest BCUT2D eigenvalue weighted by molar-refractivity contribution is -0.138. The van der Waals surface area contributed by atoms with Gasteiger partial charge in [-0.3, -0.25) is 9.69 Å². The molecule has 0 radical (unpaired) electrons.